The molecule has 100 valence electrons. The highest BCUT2D eigenvalue weighted by molar-refractivity contribution is 7.92. The molecular weight excluding hydrogens is 258 g/mol. The predicted molar refractivity (Wildman–Crippen MR) is 67.0 cm³/mol. The normalized spacial score (nSPS) is 15.1. The number of nitrogens with zero attached hydrogens (tertiary/aromatic N) is 1. The van der Waals surface area contributed by atoms with E-state index in [9.17, 15) is 23.6 Å². The van der Waals surface area contributed by atoms with Crippen molar-refractivity contribution in [3.05, 3.63) is 39.9 Å². The van der Waals surface area contributed by atoms with Gasteiger partial charge in [0, 0.05) is 17.9 Å². The van der Waals surface area contributed by atoms with Crippen LogP contribution in [-0.2, 0) is 9.84 Å². The van der Waals surface area contributed by atoms with Crippen LogP contribution >= 0.6 is 0 Å². The van der Waals surface area contributed by atoms with Gasteiger partial charge in [-0.1, -0.05) is 19.1 Å². The summed E-state index contributed by atoms with van der Waals surface area (Å²) in [4.78, 5) is 10.0. The molecule has 1 aromatic carbocycles. The van der Waals surface area contributed by atoms with Crippen LogP contribution in [0.5, 0.6) is 0 Å². The Hall–Kier alpha value is -1.47. The summed E-state index contributed by atoms with van der Waals surface area (Å²) in [6.07, 6.45) is -1.27. The summed E-state index contributed by atoms with van der Waals surface area (Å²) in [6, 6.07) is 5.36. The van der Waals surface area contributed by atoms with Crippen molar-refractivity contribution >= 4 is 15.5 Å². The first kappa shape index (κ1) is 14.6. The molecule has 0 aliphatic rings. The average molecular weight is 273 g/mol. The Morgan fingerprint density at radius 2 is 2.06 bits per heavy atom. The van der Waals surface area contributed by atoms with Gasteiger partial charge in [0.25, 0.3) is 5.69 Å². The van der Waals surface area contributed by atoms with E-state index in [1.165, 1.54) is 38.1 Å². The van der Waals surface area contributed by atoms with Crippen LogP contribution in [-0.4, -0.2) is 29.5 Å². The van der Waals surface area contributed by atoms with Gasteiger partial charge in [0.2, 0.25) is 0 Å². The molecule has 7 heteroatoms. The number of aliphatic hydroxyl groups is 1. The van der Waals surface area contributed by atoms with Gasteiger partial charge in [-0.3, -0.25) is 10.1 Å². The predicted octanol–water partition coefficient (Wildman–Crippen LogP) is 1.45. The first-order valence-electron chi connectivity index (χ1n) is 5.43. The molecule has 0 radical (unpaired) electrons. The van der Waals surface area contributed by atoms with Gasteiger partial charge in [-0.2, -0.15) is 0 Å². The summed E-state index contributed by atoms with van der Waals surface area (Å²) < 4.78 is 23.3. The van der Waals surface area contributed by atoms with Crippen molar-refractivity contribution in [1.29, 1.82) is 0 Å². The molecule has 0 aromatic heterocycles. The fraction of sp³-hybridized carbons (Fsp3) is 0.455. The summed E-state index contributed by atoms with van der Waals surface area (Å²) in [5.41, 5.74) is 0.0568. The topological polar surface area (TPSA) is 97.5 Å². The Kier molecular flexibility index (Phi) is 4.42. The maximum absolute atomic E-state index is 11.6. The van der Waals surface area contributed by atoms with Crippen LogP contribution in [0.15, 0.2) is 24.3 Å². The quantitative estimate of drug-likeness (QED) is 0.646. The monoisotopic (exact) mass is 273 g/mol. The minimum absolute atomic E-state index is 0.0832. The third kappa shape index (κ3) is 3.05. The highest BCUT2D eigenvalue weighted by atomic mass is 32.2. The number of rotatable bonds is 5. The molecule has 0 saturated heterocycles. The van der Waals surface area contributed by atoms with Crippen LogP contribution in [0, 0.1) is 10.1 Å². The second-order valence-corrected chi connectivity index (χ2v) is 6.60. The van der Waals surface area contributed by atoms with Gasteiger partial charge in [0.15, 0.2) is 9.84 Å². The van der Waals surface area contributed by atoms with Crippen LogP contribution in [0.2, 0.25) is 0 Å². The summed E-state index contributed by atoms with van der Waals surface area (Å²) in [5, 5.41) is 19.6. The van der Waals surface area contributed by atoms with Gasteiger partial charge in [-0.25, -0.2) is 8.42 Å². The maximum atomic E-state index is 11.6. The van der Waals surface area contributed by atoms with E-state index in [1.54, 1.807) is 0 Å². The van der Waals surface area contributed by atoms with E-state index >= 15 is 0 Å². The third-order valence-electron chi connectivity index (χ3n) is 2.84. The fourth-order valence-corrected chi connectivity index (χ4v) is 2.63. The number of hydrogen-bond donors (Lipinski definition) is 1. The smallest absolute Gasteiger partial charge is 0.269 e. The van der Waals surface area contributed by atoms with Crippen LogP contribution < -0.4 is 0 Å². The number of aliphatic hydroxyl groups excluding tert-OH is 1. The Morgan fingerprint density at radius 3 is 2.56 bits per heavy atom. The van der Waals surface area contributed by atoms with Crippen LogP contribution in [0.25, 0.3) is 0 Å². The molecule has 0 spiro atoms. The van der Waals surface area contributed by atoms with Crippen molar-refractivity contribution in [2.75, 3.05) is 5.75 Å². The Labute approximate surface area is 105 Å². The molecule has 1 rings (SSSR count). The van der Waals surface area contributed by atoms with Crippen molar-refractivity contribution in [1.82, 2.24) is 0 Å². The summed E-state index contributed by atoms with van der Waals surface area (Å²) in [6.45, 7) is 2.88. The molecule has 0 unspecified atom stereocenters. The molecule has 0 heterocycles. The Balaban J connectivity index is 3.08. The minimum Gasteiger partial charge on any atom is -0.387 e. The second kappa shape index (κ2) is 5.45. The lowest BCUT2D eigenvalue weighted by atomic mass is 10.1. The standard InChI is InChI=1S/C11H15NO5S/c1-3-18(16,17)8(2)11(13)9-5-4-6-10(7-9)12(14)15/h4-8,11,13H,3H2,1-2H3/t8-,11-/m0/s1. The summed E-state index contributed by atoms with van der Waals surface area (Å²) in [5.74, 6) is -0.0832. The molecule has 6 nitrogen and oxygen atoms in total. The first-order valence-corrected chi connectivity index (χ1v) is 7.15. The van der Waals surface area contributed by atoms with Gasteiger partial charge in [-0.15, -0.1) is 0 Å². The second-order valence-electron chi connectivity index (χ2n) is 3.95. The molecule has 0 aliphatic heterocycles. The van der Waals surface area contributed by atoms with E-state index in [0.717, 1.165) is 0 Å². The van der Waals surface area contributed by atoms with E-state index in [-0.39, 0.29) is 17.0 Å². The molecule has 0 amide bonds. The van der Waals surface area contributed by atoms with E-state index in [1.807, 2.05) is 0 Å². The van der Waals surface area contributed by atoms with E-state index < -0.39 is 26.1 Å². The molecule has 18 heavy (non-hydrogen) atoms. The molecule has 0 bridgehead atoms. The number of nitro groups is 1. The summed E-state index contributed by atoms with van der Waals surface area (Å²) in [7, 11) is -3.40. The molecular formula is C11H15NO5S. The SMILES string of the molecule is CCS(=O)(=O)[C@@H](C)[C@H](O)c1cccc([N+](=O)[O-])c1. The molecule has 1 N–H and O–H groups in total. The molecule has 2 atom stereocenters. The largest absolute Gasteiger partial charge is 0.387 e. The third-order valence-corrected chi connectivity index (χ3v) is 5.03. The van der Waals surface area contributed by atoms with Crippen molar-refractivity contribution in [3.8, 4) is 0 Å². The van der Waals surface area contributed by atoms with Crippen molar-refractivity contribution in [2.24, 2.45) is 0 Å². The van der Waals surface area contributed by atoms with Gasteiger partial charge in [-0.05, 0) is 12.5 Å². The Morgan fingerprint density at radius 1 is 1.44 bits per heavy atom. The molecule has 0 aliphatic carbocycles. The minimum atomic E-state index is -3.40. The highest BCUT2D eigenvalue weighted by Crippen LogP contribution is 2.25. The first-order chi connectivity index (χ1) is 8.29. The van der Waals surface area contributed by atoms with Crippen LogP contribution in [0.4, 0.5) is 5.69 Å². The van der Waals surface area contributed by atoms with Gasteiger partial charge >= 0.3 is 0 Å². The number of hydrogen-bond acceptors (Lipinski definition) is 5. The van der Waals surface area contributed by atoms with Crippen molar-refractivity contribution in [3.63, 3.8) is 0 Å². The molecule has 1 aromatic rings. The zero-order valence-corrected chi connectivity index (χ0v) is 10.9. The average Bonchev–Trinajstić information content (AvgIpc) is 2.37. The fourth-order valence-electron chi connectivity index (χ4n) is 1.55. The van der Waals surface area contributed by atoms with Crippen LogP contribution in [0.3, 0.4) is 0 Å². The van der Waals surface area contributed by atoms with E-state index in [4.69, 9.17) is 0 Å². The highest BCUT2D eigenvalue weighted by Gasteiger charge is 2.28. The number of sulfone groups is 1. The number of nitro benzene ring substituents is 1. The van der Waals surface area contributed by atoms with Crippen LogP contribution in [0.1, 0.15) is 25.5 Å². The summed E-state index contributed by atoms with van der Waals surface area (Å²) >= 11 is 0. The van der Waals surface area contributed by atoms with Crippen molar-refractivity contribution < 1.29 is 18.4 Å². The van der Waals surface area contributed by atoms with E-state index in [0.29, 0.717) is 0 Å². The molecule has 0 saturated carbocycles. The number of non-ortho nitro benzene ring substituents is 1. The van der Waals surface area contributed by atoms with E-state index in [2.05, 4.69) is 0 Å². The van der Waals surface area contributed by atoms with Crippen molar-refractivity contribution in [2.45, 2.75) is 25.2 Å². The lowest BCUT2D eigenvalue weighted by Crippen LogP contribution is -2.26. The van der Waals surface area contributed by atoms with Gasteiger partial charge in [0.05, 0.1) is 16.3 Å². The number of benzene rings is 1. The zero-order chi connectivity index (χ0) is 13.9. The lowest BCUT2D eigenvalue weighted by Gasteiger charge is -2.18. The lowest BCUT2D eigenvalue weighted by molar-refractivity contribution is -0.385. The maximum Gasteiger partial charge on any atom is 0.269 e. The molecule has 0 fully saturated rings. The van der Waals surface area contributed by atoms with Gasteiger partial charge in [0.1, 0.15) is 0 Å². The van der Waals surface area contributed by atoms with Gasteiger partial charge < -0.3 is 5.11 Å². The zero-order valence-electron chi connectivity index (χ0n) is 10.1. The Bertz CT molecular complexity index is 540.